The Morgan fingerprint density at radius 2 is 1.76 bits per heavy atom. The first-order chi connectivity index (χ1) is 8.16. The minimum absolute atomic E-state index is 0.626. The lowest BCUT2D eigenvalue weighted by atomic mass is 10.1. The summed E-state index contributed by atoms with van der Waals surface area (Å²) in [5, 5.41) is 0. The van der Waals surface area contributed by atoms with E-state index >= 15 is 0 Å². The van der Waals surface area contributed by atoms with E-state index in [2.05, 4.69) is 60.7 Å². The van der Waals surface area contributed by atoms with Crippen molar-refractivity contribution in [1.82, 2.24) is 0 Å². The minimum Gasteiger partial charge on any atom is -0.488 e. The average Bonchev–Trinajstić information content (AvgIpc) is 2.32. The van der Waals surface area contributed by atoms with Gasteiger partial charge in [0.05, 0.1) is 3.57 Å². The monoisotopic (exact) mass is 338 g/mol. The second kappa shape index (κ2) is 5.54. The van der Waals surface area contributed by atoms with Crippen molar-refractivity contribution >= 4 is 22.6 Å². The molecule has 0 spiro atoms. The topological polar surface area (TPSA) is 9.23 Å². The number of para-hydroxylation sites is 1. The van der Waals surface area contributed by atoms with Crippen LogP contribution in [0.2, 0.25) is 0 Å². The summed E-state index contributed by atoms with van der Waals surface area (Å²) in [4.78, 5) is 0. The molecule has 0 unspecified atom stereocenters. The van der Waals surface area contributed by atoms with Gasteiger partial charge in [-0.1, -0.05) is 30.3 Å². The smallest absolute Gasteiger partial charge is 0.133 e. The zero-order valence-electron chi connectivity index (χ0n) is 10.0. The zero-order valence-corrected chi connectivity index (χ0v) is 12.2. The van der Waals surface area contributed by atoms with Crippen LogP contribution in [0, 0.1) is 17.4 Å². The van der Waals surface area contributed by atoms with Crippen molar-refractivity contribution in [3.63, 3.8) is 0 Å². The van der Waals surface area contributed by atoms with Gasteiger partial charge in [-0.15, -0.1) is 0 Å². The van der Waals surface area contributed by atoms with Crippen molar-refractivity contribution in [2.75, 3.05) is 0 Å². The minimum atomic E-state index is 0.626. The number of aryl methyl sites for hydroxylation is 2. The first-order valence-electron chi connectivity index (χ1n) is 5.60. The lowest BCUT2D eigenvalue weighted by Crippen LogP contribution is -1.97. The normalized spacial score (nSPS) is 10.3. The number of halogens is 1. The maximum atomic E-state index is 5.81. The molecule has 17 heavy (non-hydrogen) atoms. The molecular formula is C15H15IO. The summed E-state index contributed by atoms with van der Waals surface area (Å²) in [6, 6.07) is 14.5. The Bertz CT molecular complexity index is 520. The van der Waals surface area contributed by atoms with Crippen LogP contribution in [0.3, 0.4) is 0 Å². The van der Waals surface area contributed by atoms with Crippen LogP contribution in [0.5, 0.6) is 5.75 Å². The molecule has 0 fully saturated rings. The van der Waals surface area contributed by atoms with E-state index in [1.54, 1.807) is 0 Å². The molecule has 2 aromatic carbocycles. The highest BCUT2D eigenvalue weighted by Gasteiger charge is 2.01. The fourth-order valence-electron chi connectivity index (χ4n) is 1.62. The number of hydrogen-bond acceptors (Lipinski definition) is 1. The molecule has 1 nitrogen and oxygen atoms in total. The molecule has 88 valence electrons. The van der Waals surface area contributed by atoms with Crippen molar-refractivity contribution in [1.29, 1.82) is 0 Å². The lowest BCUT2D eigenvalue weighted by Gasteiger charge is -2.09. The Kier molecular flexibility index (Phi) is 4.05. The maximum Gasteiger partial charge on any atom is 0.133 e. The van der Waals surface area contributed by atoms with Crippen molar-refractivity contribution in [3.05, 3.63) is 62.7 Å². The van der Waals surface area contributed by atoms with Crippen LogP contribution in [0.25, 0.3) is 0 Å². The van der Waals surface area contributed by atoms with Crippen LogP contribution in [-0.4, -0.2) is 0 Å². The van der Waals surface area contributed by atoms with E-state index in [4.69, 9.17) is 4.74 Å². The van der Waals surface area contributed by atoms with E-state index < -0.39 is 0 Å². The number of benzene rings is 2. The largest absolute Gasteiger partial charge is 0.488 e. The van der Waals surface area contributed by atoms with Crippen LogP contribution in [0.4, 0.5) is 0 Å². The highest BCUT2D eigenvalue weighted by atomic mass is 127. The van der Waals surface area contributed by atoms with Gasteiger partial charge >= 0.3 is 0 Å². The molecule has 2 rings (SSSR count). The standard InChI is InChI=1S/C15H15IO/c1-11-7-8-13(9-12(11)2)10-17-15-6-4-3-5-14(15)16/h3-9H,10H2,1-2H3. The van der Waals surface area contributed by atoms with Gasteiger partial charge < -0.3 is 4.74 Å². The van der Waals surface area contributed by atoms with Gasteiger partial charge in [-0.05, 0) is 65.3 Å². The number of rotatable bonds is 3. The van der Waals surface area contributed by atoms with Crippen molar-refractivity contribution < 1.29 is 4.74 Å². The summed E-state index contributed by atoms with van der Waals surface area (Å²) in [5.41, 5.74) is 3.85. The van der Waals surface area contributed by atoms with Crippen LogP contribution >= 0.6 is 22.6 Å². The molecule has 2 aromatic rings. The quantitative estimate of drug-likeness (QED) is 0.750. The van der Waals surface area contributed by atoms with Gasteiger partial charge in [0.25, 0.3) is 0 Å². The molecule has 0 saturated carbocycles. The molecule has 0 N–H and O–H groups in total. The summed E-state index contributed by atoms with van der Waals surface area (Å²) < 4.78 is 6.96. The van der Waals surface area contributed by atoms with E-state index in [0.29, 0.717) is 6.61 Å². The first-order valence-corrected chi connectivity index (χ1v) is 6.68. The van der Waals surface area contributed by atoms with Crippen molar-refractivity contribution in [2.24, 2.45) is 0 Å². The third kappa shape index (κ3) is 3.22. The highest BCUT2D eigenvalue weighted by Crippen LogP contribution is 2.21. The molecule has 0 radical (unpaired) electrons. The Morgan fingerprint density at radius 1 is 1.00 bits per heavy atom. The fraction of sp³-hybridized carbons (Fsp3) is 0.200. The van der Waals surface area contributed by atoms with Crippen LogP contribution in [-0.2, 0) is 6.61 Å². The number of ether oxygens (including phenoxy) is 1. The Balaban J connectivity index is 2.08. The Labute approximate surface area is 116 Å². The highest BCUT2D eigenvalue weighted by molar-refractivity contribution is 14.1. The molecule has 0 aromatic heterocycles. The predicted molar refractivity (Wildman–Crippen MR) is 79.4 cm³/mol. The van der Waals surface area contributed by atoms with Crippen LogP contribution in [0.15, 0.2) is 42.5 Å². The fourth-order valence-corrected chi connectivity index (χ4v) is 2.16. The van der Waals surface area contributed by atoms with Gasteiger partial charge in [-0.3, -0.25) is 0 Å². The molecule has 0 aliphatic heterocycles. The SMILES string of the molecule is Cc1ccc(COc2ccccc2I)cc1C. The van der Waals surface area contributed by atoms with Gasteiger partial charge in [0, 0.05) is 0 Å². The lowest BCUT2D eigenvalue weighted by molar-refractivity contribution is 0.304. The second-order valence-electron chi connectivity index (χ2n) is 4.14. The first kappa shape index (κ1) is 12.4. The molecule has 0 bridgehead atoms. The van der Waals surface area contributed by atoms with Gasteiger partial charge in [0.2, 0.25) is 0 Å². The van der Waals surface area contributed by atoms with Gasteiger partial charge in [0.1, 0.15) is 12.4 Å². The predicted octanol–water partition coefficient (Wildman–Crippen LogP) is 4.49. The molecule has 0 amide bonds. The van der Waals surface area contributed by atoms with E-state index in [9.17, 15) is 0 Å². The van der Waals surface area contributed by atoms with E-state index in [-0.39, 0.29) is 0 Å². The summed E-state index contributed by atoms with van der Waals surface area (Å²) in [5.74, 6) is 0.950. The molecule has 2 heteroatoms. The van der Waals surface area contributed by atoms with E-state index in [0.717, 1.165) is 9.32 Å². The summed E-state index contributed by atoms with van der Waals surface area (Å²) in [6.45, 7) is 4.88. The zero-order chi connectivity index (χ0) is 12.3. The summed E-state index contributed by atoms with van der Waals surface area (Å²) >= 11 is 2.29. The maximum absolute atomic E-state index is 5.81. The molecule has 0 aliphatic carbocycles. The third-order valence-corrected chi connectivity index (χ3v) is 3.69. The molecule has 0 atom stereocenters. The second-order valence-corrected chi connectivity index (χ2v) is 5.30. The molecule has 0 aliphatic rings. The molecule has 0 heterocycles. The average molecular weight is 338 g/mol. The van der Waals surface area contributed by atoms with E-state index in [1.165, 1.54) is 16.7 Å². The Morgan fingerprint density at radius 3 is 2.47 bits per heavy atom. The summed E-state index contributed by atoms with van der Waals surface area (Å²) in [7, 11) is 0. The van der Waals surface area contributed by atoms with Gasteiger partial charge in [-0.2, -0.15) is 0 Å². The molecular weight excluding hydrogens is 323 g/mol. The van der Waals surface area contributed by atoms with Crippen LogP contribution < -0.4 is 4.74 Å². The summed E-state index contributed by atoms with van der Waals surface area (Å²) in [6.07, 6.45) is 0. The van der Waals surface area contributed by atoms with Crippen LogP contribution in [0.1, 0.15) is 16.7 Å². The molecule has 0 saturated heterocycles. The Hall–Kier alpha value is -1.03. The van der Waals surface area contributed by atoms with E-state index in [1.807, 2.05) is 18.2 Å². The van der Waals surface area contributed by atoms with Crippen molar-refractivity contribution in [3.8, 4) is 5.75 Å². The van der Waals surface area contributed by atoms with Gasteiger partial charge in [-0.25, -0.2) is 0 Å². The van der Waals surface area contributed by atoms with Gasteiger partial charge in [0.15, 0.2) is 0 Å². The third-order valence-electron chi connectivity index (χ3n) is 2.80. The number of hydrogen-bond donors (Lipinski definition) is 0. The van der Waals surface area contributed by atoms with Crippen molar-refractivity contribution in [2.45, 2.75) is 20.5 Å².